The predicted octanol–water partition coefficient (Wildman–Crippen LogP) is 2.66. The quantitative estimate of drug-likeness (QED) is 0.411. The highest BCUT2D eigenvalue weighted by Crippen LogP contribution is 2.34. The monoisotopic (exact) mass is 481 g/mol. The average molecular weight is 481 g/mol. The summed E-state index contributed by atoms with van der Waals surface area (Å²) in [5.74, 6) is -0.00140. The summed E-state index contributed by atoms with van der Waals surface area (Å²) >= 11 is 0. The minimum atomic E-state index is -4.67. The number of aromatic nitrogens is 4. The molecule has 4 aromatic rings. The summed E-state index contributed by atoms with van der Waals surface area (Å²) in [5, 5.41) is 14.6. The average Bonchev–Trinajstić information content (AvgIpc) is 3.37. The van der Waals surface area contributed by atoms with Gasteiger partial charge in [0.25, 0.3) is 5.56 Å². The van der Waals surface area contributed by atoms with Crippen molar-refractivity contribution in [1.82, 2.24) is 24.7 Å². The Morgan fingerprint density at radius 3 is 2.71 bits per heavy atom. The van der Waals surface area contributed by atoms with Crippen molar-refractivity contribution in [2.24, 2.45) is 0 Å². The molecule has 0 aliphatic carbocycles. The molecular weight excluding hydrogens is 463 g/mol. The highest BCUT2D eigenvalue weighted by molar-refractivity contribution is 5.91. The Hall–Kier alpha value is -4.40. The molecule has 1 atom stereocenters. The van der Waals surface area contributed by atoms with Crippen molar-refractivity contribution in [3.63, 3.8) is 0 Å². The maximum Gasteiger partial charge on any atom is 0.416 e. The highest BCUT2D eigenvalue weighted by atomic mass is 19.4. The third-order valence-corrected chi connectivity index (χ3v) is 5.84. The molecule has 0 spiro atoms. The normalized spacial score (nSPS) is 16.0. The predicted molar refractivity (Wildman–Crippen MR) is 120 cm³/mol. The molecule has 3 aromatic heterocycles. The van der Waals surface area contributed by atoms with Gasteiger partial charge in [0, 0.05) is 31.8 Å². The lowest BCUT2D eigenvalue weighted by Gasteiger charge is -2.17. The summed E-state index contributed by atoms with van der Waals surface area (Å²) in [5.41, 5.74) is 0.805. The summed E-state index contributed by atoms with van der Waals surface area (Å²) in [7, 11) is 0. The van der Waals surface area contributed by atoms with Gasteiger partial charge in [0.1, 0.15) is 23.1 Å². The van der Waals surface area contributed by atoms with Gasteiger partial charge in [-0.25, -0.2) is 9.97 Å². The van der Waals surface area contributed by atoms with Crippen molar-refractivity contribution in [2.75, 3.05) is 11.9 Å². The number of nitrogens with one attached hydrogen (secondary N) is 3. The number of halogens is 3. The van der Waals surface area contributed by atoms with Gasteiger partial charge in [-0.2, -0.15) is 18.4 Å². The maximum absolute atomic E-state index is 13.5. The molecule has 9 nitrogen and oxygen atoms in total. The van der Waals surface area contributed by atoms with E-state index < -0.39 is 23.3 Å². The summed E-state index contributed by atoms with van der Waals surface area (Å²) in [6.07, 6.45) is -1.12. The number of amides is 1. The molecule has 1 amide bonds. The molecular formula is C23H18F3N7O2. The number of carbonyl (C=O) groups is 1. The molecule has 5 rings (SSSR count). The second-order valence-corrected chi connectivity index (χ2v) is 8.44. The van der Waals surface area contributed by atoms with Crippen molar-refractivity contribution in [3.8, 4) is 6.07 Å². The molecule has 35 heavy (non-hydrogen) atoms. The fraction of sp³-hybridized carbons (Fsp3) is 0.261. The minimum absolute atomic E-state index is 0.0213. The Morgan fingerprint density at radius 1 is 1.23 bits per heavy atom. The van der Waals surface area contributed by atoms with Crippen molar-refractivity contribution >= 4 is 28.1 Å². The molecule has 1 aliphatic rings. The van der Waals surface area contributed by atoms with Gasteiger partial charge in [-0.3, -0.25) is 9.59 Å². The number of imidazole rings is 1. The number of aryl methyl sites for hydroxylation is 1. The van der Waals surface area contributed by atoms with Crippen LogP contribution in [0.3, 0.4) is 0 Å². The van der Waals surface area contributed by atoms with E-state index in [1.54, 1.807) is 29.8 Å². The molecule has 12 heteroatoms. The van der Waals surface area contributed by atoms with Crippen LogP contribution in [0, 0.1) is 18.3 Å². The van der Waals surface area contributed by atoms with Crippen LogP contribution in [0.15, 0.2) is 35.4 Å². The van der Waals surface area contributed by atoms with E-state index in [9.17, 15) is 28.0 Å². The fourth-order valence-corrected chi connectivity index (χ4v) is 4.13. The van der Waals surface area contributed by atoms with Crippen molar-refractivity contribution < 1.29 is 18.0 Å². The Bertz CT molecular complexity index is 1600. The summed E-state index contributed by atoms with van der Waals surface area (Å²) in [6.45, 7) is 2.05. The molecule has 0 saturated carbocycles. The number of rotatable bonds is 4. The first kappa shape index (κ1) is 22.4. The highest BCUT2D eigenvalue weighted by Gasteiger charge is 2.33. The van der Waals surface area contributed by atoms with Crippen LogP contribution in [0.2, 0.25) is 0 Å². The zero-order chi connectivity index (χ0) is 24.9. The molecule has 0 bridgehead atoms. The zero-order valence-electron chi connectivity index (χ0n) is 18.3. The Morgan fingerprint density at radius 2 is 2.03 bits per heavy atom. The molecule has 1 aliphatic heterocycles. The number of nitriles is 1. The topological polar surface area (TPSA) is 128 Å². The van der Waals surface area contributed by atoms with Crippen LogP contribution in [0.5, 0.6) is 0 Å². The summed E-state index contributed by atoms with van der Waals surface area (Å²) < 4.78 is 42.2. The molecule has 4 heterocycles. The molecule has 0 unspecified atom stereocenters. The first-order valence-electron chi connectivity index (χ1n) is 10.7. The van der Waals surface area contributed by atoms with Crippen molar-refractivity contribution in [2.45, 2.75) is 32.0 Å². The summed E-state index contributed by atoms with van der Waals surface area (Å²) in [6, 6.07) is 5.10. The first-order chi connectivity index (χ1) is 16.6. The van der Waals surface area contributed by atoms with E-state index in [0.717, 1.165) is 17.7 Å². The van der Waals surface area contributed by atoms with Crippen LogP contribution in [0.4, 0.5) is 18.9 Å². The van der Waals surface area contributed by atoms with E-state index in [-0.39, 0.29) is 47.7 Å². The van der Waals surface area contributed by atoms with Crippen LogP contribution in [0.1, 0.15) is 34.6 Å². The Balaban J connectivity index is 1.57. The van der Waals surface area contributed by atoms with Crippen LogP contribution < -0.4 is 16.2 Å². The van der Waals surface area contributed by atoms with Gasteiger partial charge in [-0.15, -0.1) is 0 Å². The maximum atomic E-state index is 13.5. The second kappa shape index (κ2) is 8.12. The molecule has 178 valence electrons. The fourth-order valence-electron chi connectivity index (χ4n) is 4.13. The van der Waals surface area contributed by atoms with Crippen molar-refractivity contribution in [1.29, 1.82) is 5.26 Å². The van der Waals surface area contributed by atoms with E-state index in [1.165, 1.54) is 0 Å². The molecule has 3 N–H and O–H groups in total. The zero-order valence-corrected chi connectivity index (χ0v) is 18.3. The van der Waals surface area contributed by atoms with E-state index in [1.807, 2.05) is 0 Å². The standard InChI is InChI=1S/C23H18F3N7O2/c1-11-2-19-30-15(10-33(19)9-12(11)7-27)5-18-31-21-16(22(35)32-18)3-13(23(24,25)26)4-17(21)29-14-6-20(34)28-8-14/h2-4,9-10,14,29H,5-6,8H2,1H3,(H,28,34)(H,31,32,35)/t14-/m1/s1. The number of pyridine rings is 1. The Labute approximate surface area is 195 Å². The Kier molecular flexibility index (Phi) is 5.20. The number of H-pyrrole nitrogens is 1. The van der Waals surface area contributed by atoms with E-state index in [2.05, 4.69) is 31.7 Å². The molecule has 1 fully saturated rings. The van der Waals surface area contributed by atoms with Crippen molar-refractivity contribution in [3.05, 3.63) is 69.2 Å². The van der Waals surface area contributed by atoms with Crippen LogP contribution in [-0.2, 0) is 17.4 Å². The van der Waals surface area contributed by atoms with Crippen LogP contribution in [-0.4, -0.2) is 37.8 Å². The number of carbonyl (C=O) groups excluding carboxylic acids is 1. The van der Waals surface area contributed by atoms with Gasteiger partial charge >= 0.3 is 6.18 Å². The number of alkyl halides is 3. The van der Waals surface area contributed by atoms with Gasteiger partial charge in [0.2, 0.25) is 5.91 Å². The number of benzene rings is 1. The second-order valence-electron chi connectivity index (χ2n) is 8.44. The van der Waals surface area contributed by atoms with E-state index >= 15 is 0 Å². The van der Waals surface area contributed by atoms with Gasteiger partial charge in [0.15, 0.2) is 0 Å². The van der Waals surface area contributed by atoms with Gasteiger partial charge in [0.05, 0.1) is 33.9 Å². The van der Waals surface area contributed by atoms with Crippen LogP contribution >= 0.6 is 0 Å². The third kappa shape index (κ3) is 4.28. The number of hydrogen-bond acceptors (Lipinski definition) is 6. The first-order valence-corrected chi connectivity index (χ1v) is 10.7. The lowest BCUT2D eigenvalue weighted by Crippen LogP contribution is -2.24. The SMILES string of the molecule is Cc1cc2nc(Cc3nc4c(N[C@H]5CNC(=O)C5)cc(C(F)(F)F)cc4c(=O)[nH]3)cn2cc1C#N. The smallest absolute Gasteiger partial charge is 0.378 e. The van der Waals surface area contributed by atoms with E-state index in [4.69, 9.17) is 0 Å². The number of nitrogens with zero attached hydrogens (tertiary/aromatic N) is 4. The third-order valence-electron chi connectivity index (χ3n) is 5.84. The molecule has 1 saturated heterocycles. The number of fused-ring (bicyclic) bond motifs is 2. The minimum Gasteiger partial charge on any atom is -0.378 e. The number of anilines is 1. The number of hydrogen-bond donors (Lipinski definition) is 3. The van der Waals surface area contributed by atoms with Gasteiger partial charge < -0.3 is 20.0 Å². The van der Waals surface area contributed by atoms with E-state index in [0.29, 0.717) is 16.9 Å². The lowest BCUT2D eigenvalue weighted by atomic mass is 10.1. The molecule has 1 aromatic carbocycles. The molecule has 0 radical (unpaired) electrons. The largest absolute Gasteiger partial charge is 0.416 e. The number of aromatic amines is 1. The lowest BCUT2D eigenvalue weighted by molar-refractivity contribution is -0.137. The van der Waals surface area contributed by atoms with Crippen LogP contribution in [0.25, 0.3) is 16.6 Å². The van der Waals surface area contributed by atoms with Gasteiger partial charge in [-0.1, -0.05) is 0 Å². The summed E-state index contributed by atoms with van der Waals surface area (Å²) in [4.78, 5) is 35.8. The van der Waals surface area contributed by atoms with Gasteiger partial charge in [-0.05, 0) is 30.7 Å².